The van der Waals surface area contributed by atoms with Gasteiger partial charge in [0, 0.05) is 0 Å². The predicted molar refractivity (Wildman–Crippen MR) is 17.0 cm³/mol. The summed E-state index contributed by atoms with van der Waals surface area (Å²) >= 11 is 0. The first kappa shape index (κ1) is 8.85. The van der Waals surface area contributed by atoms with Crippen LogP contribution in [0.15, 0.2) is 0 Å². The van der Waals surface area contributed by atoms with E-state index in [1.807, 2.05) is 0 Å². The van der Waals surface area contributed by atoms with E-state index in [1.54, 1.807) is 0 Å². The van der Waals surface area contributed by atoms with Crippen LogP contribution in [-0.4, -0.2) is 33.4 Å². The molecule has 0 unspecified atom stereocenters. The zero-order valence-electron chi connectivity index (χ0n) is 2.12. The second-order valence-corrected chi connectivity index (χ2v) is 0.102. The molecule has 0 aromatic rings. The Hall–Kier alpha value is 0.302. The molecule has 0 saturated heterocycles. The third kappa shape index (κ3) is 42.8. The summed E-state index contributed by atoms with van der Waals surface area (Å²) in [5, 5.41) is 5.40. The van der Waals surface area contributed by atoms with Crippen molar-refractivity contribution in [1.82, 2.24) is 0 Å². The Bertz CT molecular complexity index is 29.0. The summed E-state index contributed by atoms with van der Waals surface area (Å²) in [6.07, 6.45) is 0.750. The molecule has 0 amide bonds. The fraction of sp³-hybridized carbons (Fsp3) is 0. The van der Waals surface area contributed by atoms with E-state index >= 15 is 0 Å². The van der Waals surface area contributed by atoms with E-state index in [0.29, 0.717) is 0 Å². The minimum atomic E-state index is 0. The zero-order valence-corrected chi connectivity index (χ0v) is 7.61. The van der Waals surface area contributed by atoms with Crippen LogP contribution in [0, 0.1) is 5.41 Å². The van der Waals surface area contributed by atoms with Crippen LogP contribution in [0.5, 0.6) is 0 Å². The summed E-state index contributed by atoms with van der Waals surface area (Å²) in [5.74, 6) is 0. The van der Waals surface area contributed by atoms with E-state index in [1.165, 1.54) is 0 Å². The Balaban J connectivity index is 0. The topological polar surface area (TPSA) is 40.9 Å². The van der Waals surface area contributed by atoms with Crippen molar-refractivity contribution in [2.75, 3.05) is 0 Å². The Morgan fingerprint density at radius 1 is 1.75 bits per heavy atom. The SMILES string of the molecule is N=C=O.[PbH2]. The van der Waals surface area contributed by atoms with Gasteiger partial charge in [-0.2, -0.15) is 0 Å². The zero-order chi connectivity index (χ0) is 2.71. The van der Waals surface area contributed by atoms with Crippen molar-refractivity contribution in [2.45, 2.75) is 0 Å². The molecule has 0 bridgehead atoms. The Kier molecular flexibility index (Phi) is 22.8. The van der Waals surface area contributed by atoms with E-state index in [9.17, 15) is 0 Å². The van der Waals surface area contributed by atoms with Gasteiger partial charge in [0.2, 0.25) is 6.08 Å². The van der Waals surface area contributed by atoms with Crippen LogP contribution in [0.25, 0.3) is 0 Å². The summed E-state index contributed by atoms with van der Waals surface area (Å²) in [6, 6.07) is 0. The molecule has 0 aromatic carbocycles. The molecular weight excluding hydrogens is 249 g/mol. The molecule has 0 rings (SSSR count). The van der Waals surface area contributed by atoms with Crippen molar-refractivity contribution in [3.05, 3.63) is 0 Å². The summed E-state index contributed by atoms with van der Waals surface area (Å²) in [5.41, 5.74) is 0. The maximum atomic E-state index is 8.35. The van der Waals surface area contributed by atoms with Gasteiger partial charge < -0.3 is 0 Å². The van der Waals surface area contributed by atoms with Crippen molar-refractivity contribution in [3.63, 3.8) is 0 Å². The summed E-state index contributed by atoms with van der Waals surface area (Å²) in [4.78, 5) is 8.35. The maximum absolute atomic E-state index is 8.35. The first-order valence-electron chi connectivity index (χ1n) is 0.454. The molecule has 2 nitrogen and oxygen atoms in total. The molecule has 0 spiro atoms. The molecule has 0 aliphatic heterocycles. The average Bonchev–Trinajstić information content (AvgIpc) is 0.918. The van der Waals surface area contributed by atoms with Crippen LogP contribution in [0.3, 0.4) is 0 Å². The summed E-state index contributed by atoms with van der Waals surface area (Å²) in [7, 11) is 0. The van der Waals surface area contributed by atoms with E-state index in [0.717, 1.165) is 6.08 Å². The van der Waals surface area contributed by atoms with E-state index < -0.39 is 0 Å². The van der Waals surface area contributed by atoms with Crippen LogP contribution in [0.2, 0.25) is 0 Å². The van der Waals surface area contributed by atoms with Gasteiger partial charge in [-0.1, -0.05) is 0 Å². The van der Waals surface area contributed by atoms with Gasteiger partial charge in [-0.05, 0) is 0 Å². The van der Waals surface area contributed by atoms with Gasteiger partial charge in [0.15, 0.2) is 0 Å². The van der Waals surface area contributed by atoms with E-state index in [2.05, 4.69) is 0 Å². The van der Waals surface area contributed by atoms with Gasteiger partial charge in [0.1, 0.15) is 0 Å². The number of hydrogen-bond donors (Lipinski definition) is 1. The van der Waals surface area contributed by atoms with Gasteiger partial charge in [-0.3, -0.25) is 0 Å². The fourth-order valence-electron chi connectivity index (χ4n) is 0. The van der Waals surface area contributed by atoms with Crippen molar-refractivity contribution in [1.29, 1.82) is 5.41 Å². The summed E-state index contributed by atoms with van der Waals surface area (Å²) < 4.78 is 0. The molecular formula is CH3NOPb. The second-order valence-electron chi connectivity index (χ2n) is 0.102. The second kappa shape index (κ2) is 10.3. The molecule has 0 saturated carbocycles. The number of carbonyl (C=O) groups excluding carboxylic acids is 1. The molecule has 22 valence electrons. The molecule has 0 aliphatic rings. The molecule has 4 heavy (non-hydrogen) atoms. The Morgan fingerprint density at radius 2 is 1.75 bits per heavy atom. The van der Waals surface area contributed by atoms with Gasteiger partial charge in [-0.25, -0.2) is 10.2 Å². The van der Waals surface area contributed by atoms with Crippen molar-refractivity contribution >= 4 is 33.4 Å². The Morgan fingerprint density at radius 3 is 1.75 bits per heavy atom. The molecule has 0 aliphatic carbocycles. The molecule has 3 heteroatoms. The predicted octanol–water partition coefficient (Wildman–Crippen LogP) is -1.02. The first-order chi connectivity index (χ1) is 1.41. The molecule has 0 atom stereocenters. The van der Waals surface area contributed by atoms with Crippen LogP contribution in [0.1, 0.15) is 0 Å². The normalized spacial score (nSPS) is 2.00. The number of isocyanates is 1. The van der Waals surface area contributed by atoms with Crippen LogP contribution in [-0.2, 0) is 4.79 Å². The molecule has 0 heterocycles. The van der Waals surface area contributed by atoms with Crippen LogP contribution in [0.4, 0.5) is 0 Å². The van der Waals surface area contributed by atoms with E-state index in [4.69, 9.17) is 10.2 Å². The number of rotatable bonds is 0. The standard InChI is InChI=1S/CHNO.Pb.2H/c2-1-3;;;/h2H;;;. The van der Waals surface area contributed by atoms with Gasteiger partial charge in [0.05, 0.1) is 0 Å². The fourth-order valence-corrected chi connectivity index (χ4v) is 0. The monoisotopic (exact) mass is 253 g/mol. The van der Waals surface area contributed by atoms with E-state index in [-0.39, 0.29) is 27.3 Å². The van der Waals surface area contributed by atoms with Gasteiger partial charge in [-0.15, -0.1) is 0 Å². The van der Waals surface area contributed by atoms with Gasteiger partial charge in [0.25, 0.3) is 0 Å². The molecule has 0 fully saturated rings. The molecule has 0 aromatic heterocycles. The van der Waals surface area contributed by atoms with Crippen molar-refractivity contribution < 1.29 is 4.79 Å². The van der Waals surface area contributed by atoms with Gasteiger partial charge >= 0.3 is 27.3 Å². The van der Waals surface area contributed by atoms with Crippen molar-refractivity contribution in [2.24, 2.45) is 0 Å². The van der Waals surface area contributed by atoms with Crippen LogP contribution >= 0.6 is 0 Å². The third-order valence-corrected chi connectivity index (χ3v) is 0. The number of nitrogens with one attached hydrogen (secondary N) is 1. The minimum absolute atomic E-state index is 0. The summed E-state index contributed by atoms with van der Waals surface area (Å²) in [6.45, 7) is 0. The van der Waals surface area contributed by atoms with Crippen LogP contribution < -0.4 is 0 Å². The quantitative estimate of drug-likeness (QED) is 0.335. The molecule has 1 N–H and O–H groups in total. The number of hydrogen-bond acceptors (Lipinski definition) is 2. The van der Waals surface area contributed by atoms with Crippen molar-refractivity contribution in [3.8, 4) is 0 Å². The third-order valence-electron chi connectivity index (χ3n) is 0. The average molecular weight is 252 g/mol. The Labute approximate surface area is 43.9 Å². The first-order valence-corrected chi connectivity index (χ1v) is 0.454. The molecule has 2 radical (unpaired) electrons.